The van der Waals surface area contributed by atoms with Gasteiger partial charge in [0, 0.05) is 44.8 Å². The summed E-state index contributed by atoms with van der Waals surface area (Å²) in [7, 11) is 0. The number of rotatable bonds is 5. The van der Waals surface area contributed by atoms with Crippen LogP contribution in [0.3, 0.4) is 0 Å². The van der Waals surface area contributed by atoms with Crippen molar-refractivity contribution in [2.45, 2.75) is 13.3 Å². The molecule has 2 heterocycles. The van der Waals surface area contributed by atoms with Crippen LogP contribution in [-0.4, -0.2) is 67.0 Å². The van der Waals surface area contributed by atoms with Crippen molar-refractivity contribution in [3.63, 3.8) is 0 Å². The molecule has 0 aliphatic carbocycles. The molecule has 0 aromatic heterocycles. The monoisotopic (exact) mass is 436 g/mol. The second kappa shape index (κ2) is 9.72. The van der Waals surface area contributed by atoms with Crippen LogP contribution in [0.5, 0.6) is 5.75 Å². The normalized spacial score (nSPS) is 18.6. The van der Waals surface area contributed by atoms with E-state index in [0.717, 1.165) is 5.69 Å². The molecule has 0 bridgehead atoms. The Labute approximate surface area is 187 Å². The van der Waals surface area contributed by atoms with Gasteiger partial charge >= 0.3 is 6.03 Å². The van der Waals surface area contributed by atoms with Crippen LogP contribution in [0.25, 0.3) is 0 Å². The van der Waals surface area contributed by atoms with Crippen molar-refractivity contribution in [3.05, 3.63) is 54.6 Å². The predicted molar refractivity (Wildman–Crippen MR) is 122 cm³/mol. The highest BCUT2D eigenvalue weighted by Gasteiger charge is 2.39. The van der Waals surface area contributed by atoms with Crippen molar-refractivity contribution in [2.24, 2.45) is 5.92 Å². The van der Waals surface area contributed by atoms with Crippen molar-refractivity contribution in [2.75, 3.05) is 49.5 Å². The van der Waals surface area contributed by atoms with Gasteiger partial charge in [0.15, 0.2) is 0 Å². The van der Waals surface area contributed by atoms with E-state index in [1.807, 2.05) is 61.5 Å². The molecular weight excluding hydrogens is 408 g/mol. The quantitative estimate of drug-likeness (QED) is 0.782. The van der Waals surface area contributed by atoms with E-state index in [1.54, 1.807) is 14.7 Å². The fourth-order valence-electron chi connectivity index (χ4n) is 4.18. The van der Waals surface area contributed by atoms with Gasteiger partial charge in [0.2, 0.25) is 11.8 Å². The third kappa shape index (κ3) is 4.69. The Morgan fingerprint density at radius 2 is 1.62 bits per heavy atom. The predicted octanol–water partition coefficient (Wildman–Crippen LogP) is 2.81. The summed E-state index contributed by atoms with van der Waals surface area (Å²) in [6.45, 7) is 4.58. The molecule has 8 heteroatoms. The molecule has 168 valence electrons. The zero-order chi connectivity index (χ0) is 22.5. The summed E-state index contributed by atoms with van der Waals surface area (Å²) in [4.78, 5) is 43.4. The lowest BCUT2D eigenvalue weighted by Gasteiger charge is -2.35. The van der Waals surface area contributed by atoms with Gasteiger partial charge in [0.25, 0.3) is 0 Å². The summed E-state index contributed by atoms with van der Waals surface area (Å²) >= 11 is 0. The minimum absolute atomic E-state index is 0.0298. The number of carbonyl (C=O) groups excluding carboxylic acids is 3. The number of carbonyl (C=O) groups is 3. The van der Waals surface area contributed by atoms with Crippen LogP contribution < -0.4 is 15.0 Å². The van der Waals surface area contributed by atoms with E-state index in [-0.39, 0.29) is 30.2 Å². The molecule has 2 aliphatic rings. The van der Waals surface area contributed by atoms with Crippen molar-refractivity contribution < 1.29 is 19.1 Å². The molecule has 4 amide bonds. The van der Waals surface area contributed by atoms with Crippen LogP contribution in [-0.2, 0) is 9.59 Å². The Morgan fingerprint density at radius 3 is 2.34 bits per heavy atom. The number of hydrogen-bond donors (Lipinski definition) is 1. The van der Waals surface area contributed by atoms with E-state index >= 15 is 0 Å². The van der Waals surface area contributed by atoms with Gasteiger partial charge in [-0.2, -0.15) is 0 Å². The minimum atomic E-state index is -0.387. The van der Waals surface area contributed by atoms with E-state index in [0.29, 0.717) is 50.8 Å². The van der Waals surface area contributed by atoms with Gasteiger partial charge < -0.3 is 24.8 Å². The van der Waals surface area contributed by atoms with Crippen molar-refractivity contribution in [1.29, 1.82) is 0 Å². The maximum Gasteiger partial charge on any atom is 0.321 e. The molecular formula is C24H28N4O4. The Balaban J connectivity index is 1.33. The summed E-state index contributed by atoms with van der Waals surface area (Å²) in [5.74, 6) is 0.158. The van der Waals surface area contributed by atoms with Crippen LogP contribution in [0.4, 0.5) is 16.2 Å². The standard InChI is InChI=1S/C24H28N4O4/c1-2-32-21-11-7-6-10-20(21)28-17-18(16-22(28)29)23(30)26-12-14-27(15-13-26)24(31)25-19-8-4-3-5-9-19/h3-11,18H,2,12-17H2,1H3,(H,25,31)/t18-/m0/s1. The van der Waals surface area contributed by atoms with E-state index in [1.165, 1.54) is 0 Å². The Hall–Kier alpha value is -3.55. The van der Waals surface area contributed by atoms with E-state index in [4.69, 9.17) is 4.74 Å². The highest BCUT2D eigenvalue weighted by atomic mass is 16.5. The molecule has 0 spiro atoms. The molecule has 0 unspecified atom stereocenters. The third-order valence-corrected chi connectivity index (χ3v) is 5.83. The van der Waals surface area contributed by atoms with Gasteiger partial charge in [-0.05, 0) is 31.2 Å². The molecule has 0 radical (unpaired) electrons. The molecule has 2 aromatic carbocycles. The molecule has 2 aromatic rings. The Kier molecular flexibility index (Phi) is 6.58. The molecule has 8 nitrogen and oxygen atoms in total. The summed E-state index contributed by atoms with van der Waals surface area (Å²) in [6, 6.07) is 16.5. The third-order valence-electron chi connectivity index (χ3n) is 5.83. The largest absolute Gasteiger partial charge is 0.492 e. The molecule has 32 heavy (non-hydrogen) atoms. The zero-order valence-corrected chi connectivity index (χ0v) is 18.2. The second-order valence-electron chi connectivity index (χ2n) is 7.91. The molecule has 2 saturated heterocycles. The lowest BCUT2D eigenvalue weighted by molar-refractivity contribution is -0.137. The first-order chi connectivity index (χ1) is 15.6. The number of benzene rings is 2. The average molecular weight is 437 g/mol. The maximum absolute atomic E-state index is 13.1. The van der Waals surface area contributed by atoms with Crippen LogP contribution >= 0.6 is 0 Å². The SMILES string of the molecule is CCOc1ccccc1N1C[C@@H](C(=O)N2CCN(C(=O)Nc3ccccc3)CC2)CC1=O. The number of piperazine rings is 1. The molecule has 0 saturated carbocycles. The van der Waals surface area contributed by atoms with Crippen molar-refractivity contribution >= 4 is 29.2 Å². The first kappa shape index (κ1) is 21.7. The van der Waals surface area contributed by atoms with Crippen LogP contribution in [0.15, 0.2) is 54.6 Å². The van der Waals surface area contributed by atoms with Gasteiger partial charge in [-0.3, -0.25) is 9.59 Å². The molecule has 4 rings (SSSR count). The fraction of sp³-hybridized carbons (Fsp3) is 0.375. The second-order valence-corrected chi connectivity index (χ2v) is 7.91. The summed E-state index contributed by atoms with van der Waals surface area (Å²) in [5.41, 5.74) is 1.45. The minimum Gasteiger partial charge on any atom is -0.492 e. The Bertz CT molecular complexity index is 973. The maximum atomic E-state index is 13.1. The smallest absolute Gasteiger partial charge is 0.321 e. The molecule has 2 fully saturated rings. The van der Waals surface area contributed by atoms with Gasteiger partial charge in [0.1, 0.15) is 5.75 Å². The topological polar surface area (TPSA) is 82.2 Å². The van der Waals surface area contributed by atoms with Crippen molar-refractivity contribution in [3.8, 4) is 5.75 Å². The fourth-order valence-corrected chi connectivity index (χ4v) is 4.18. The van der Waals surface area contributed by atoms with Gasteiger partial charge in [-0.15, -0.1) is 0 Å². The summed E-state index contributed by atoms with van der Waals surface area (Å²) in [6.07, 6.45) is 0.188. The van der Waals surface area contributed by atoms with Gasteiger partial charge in [-0.25, -0.2) is 4.79 Å². The van der Waals surface area contributed by atoms with Gasteiger partial charge in [0.05, 0.1) is 18.2 Å². The van der Waals surface area contributed by atoms with E-state index < -0.39 is 0 Å². The number of nitrogens with zero attached hydrogens (tertiary/aromatic N) is 3. The highest BCUT2D eigenvalue weighted by Crippen LogP contribution is 2.33. The van der Waals surface area contributed by atoms with Crippen molar-refractivity contribution in [1.82, 2.24) is 9.80 Å². The summed E-state index contributed by atoms with van der Waals surface area (Å²) in [5, 5.41) is 2.88. The highest BCUT2D eigenvalue weighted by molar-refractivity contribution is 6.01. The van der Waals surface area contributed by atoms with Crippen LogP contribution in [0.1, 0.15) is 13.3 Å². The summed E-state index contributed by atoms with van der Waals surface area (Å²) < 4.78 is 5.65. The Morgan fingerprint density at radius 1 is 0.969 bits per heavy atom. The van der Waals surface area contributed by atoms with E-state index in [2.05, 4.69) is 5.32 Å². The van der Waals surface area contributed by atoms with Crippen LogP contribution in [0.2, 0.25) is 0 Å². The zero-order valence-electron chi connectivity index (χ0n) is 18.2. The lowest BCUT2D eigenvalue weighted by atomic mass is 10.1. The molecule has 1 N–H and O–H groups in total. The number of ether oxygens (including phenoxy) is 1. The number of para-hydroxylation sites is 3. The first-order valence-corrected chi connectivity index (χ1v) is 11.0. The number of amides is 4. The number of anilines is 2. The molecule has 2 aliphatic heterocycles. The van der Waals surface area contributed by atoms with E-state index in [9.17, 15) is 14.4 Å². The van der Waals surface area contributed by atoms with Gasteiger partial charge in [-0.1, -0.05) is 30.3 Å². The number of hydrogen-bond acceptors (Lipinski definition) is 4. The molecule has 1 atom stereocenters. The first-order valence-electron chi connectivity index (χ1n) is 11.0. The number of urea groups is 1. The average Bonchev–Trinajstić information content (AvgIpc) is 3.21. The lowest BCUT2D eigenvalue weighted by Crippen LogP contribution is -2.53. The van der Waals surface area contributed by atoms with Crippen LogP contribution in [0, 0.1) is 5.92 Å². The number of nitrogens with one attached hydrogen (secondary N) is 1.